The molecule has 1 N–H and O–H groups in total. The quantitative estimate of drug-likeness (QED) is 0.333. The summed E-state index contributed by atoms with van der Waals surface area (Å²) in [6, 6.07) is 0. The molecule has 0 amide bonds. The number of ether oxygens (including phenoxy) is 1. The van der Waals surface area contributed by atoms with Gasteiger partial charge in [-0.1, -0.05) is 13.2 Å². The maximum absolute atomic E-state index is 10.5. The molecule has 0 saturated carbocycles. The average molecular weight is 237 g/mol. The first-order valence-corrected chi connectivity index (χ1v) is 4.72. The van der Waals surface area contributed by atoms with Crippen LogP contribution in [0.5, 0.6) is 0 Å². The molecule has 0 aliphatic heterocycles. The molecule has 0 saturated heterocycles. The van der Waals surface area contributed by atoms with Crippen LogP contribution in [0.1, 0.15) is 13.8 Å². The summed E-state index contributed by atoms with van der Waals surface area (Å²) in [5.74, 6) is 0.242. The smallest absolute Gasteiger partial charge is 0.263 e. The van der Waals surface area contributed by atoms with E-state index in [0.717, 1.165) is 6.08 Å². The third-order valence-corrected chi connectivity index (χ3v) is 1.69. The lowest BCUT2D eigenvalue weighted by atomic mass is 10.1. The molecule has 0 unspecified atom stereocenters. The summed E-state index contributed by atoms with van der Waals surface area (Å²) in [6.45, 7) is 13.5. The number of aliphatic hydroxyl groups is 1. The minimum Gasteiger partial charge on any atom is -0.508 e. The molecule has 0 aromatic carbocycles. The summed E-state index contributed by atoms with van der Waals surface area (Å²) in [5.41, 5.74) is -0.280. The van der Waals surface area contributed by atoms with Gasteiger partial charge in [0.15, 0.2) is 0 Å². The zero-order valence-electron chi connectivity index (χ0n) is 9.90. The van der Waals surface area contributed by atoms with Gasteiger partial charge in [-0.2, -0.15) is 0 Å². The van der Waals surface area contributed by atoms with Crippen LogP contribution in [0.25, 0.3) is 0 Å². The van der Waals surface area contributed by atoms with Gasteiger partial charge in [-0.15, -0.1) is 0 Å². The molecule has 92 valence electrons. The summed E-state index contributed by atoms with van der Waals surface area (Å²) in [7, 11) is 0. The lowest BCUT2D eigenvalue weighted by Gasteiger charge is -2.11. The van der Waals surface area contributed by atoms with Gasteiger partial charge in [0.1, 0.15) is 11.5 Å². The van der Waals surface area contributed by atoms with Gasteiger partial charge in [0, 0.05) is 6.08 Å². The number of nitrogens with zero attached hydrogens (tertiary/aromatic N) is 1. The Hall–Kier alpha value is -2.30. The fourth-order valence-corrected chi connectivity index (χ4v) is 0.937. The van der Waals surface area contributed by atoms with Gasteiger partial charge in [0.05, 0.1) is 16.3 Å². The Morgan fingerprint density at radius 3 is 2.29 bits per heavy atom. The number of rotatable bonds is 6. The Balaban J connectivity index is 5.29. The van der Waals surface area contributed by atoms with Crippen LogP contribution >= 0.6 is 0 Å². The Bertz CT molecular complexity index is 430. The minimum absolute atomic E-state index is 0.0658. The second-order valence-corrected chi connectivity index (χ2v) is 3.21. The molecular weight excluding hydrogens is 222 g/mol. The third kappa shape index (κ3) is 4.83. The molecule has 5 heteroatoms. The standard InChI is InChI=1S/C12H15NO4/c1-6-12(14)11(7-9(4)13(15)16)10(5)17-8(2)3/h6-7,14H,2,4-5H2,1,3H3/b11-7-,12-6+. The van der Waals surface area contributed by atoms with E-state index in [1.54, 1.807) is 13.8 Å². The van der Waals surface area contributed by atoms with Crippen molar-refractivity contribution in [2.24, 2.45) is 0 Å². The molecule has 17 heavy (non-hydrogen) atoms. The van der Waals surface area contributed by atoms with Crippen LogP contribution in [-0.2, 0) is 4.74 Å². The largest absolute Gasteiger partial charge is 0.508 e. The predicted octanol–water partition coefficient (Wildman–Crippen LogP) is 3.23. The topological polar surface area (TPSA) is 72.6 Å². The highest BCUT2D eigenvalue weighted by atomic mass is 16.6. The van der Waals surface area contributed by atoms with E-state index >= 15 is 0 Å². The zero-order valence-corrected chi connectivity index (χ0v) is 9.90. The fourth-order valence-electron chi connectivity index (χ4n) is 0.937. The number of allylic oxidation sites excluding steroid dienone is 3. The van der Waals surface area contributed by atoms with Crippen LogP contribution < -0.4 is 0 Å². The molecule has 0 heterocycles. The van der Waals surface area contributed by atoms with Crippen molar-refractivity contribution in [1.82, 2.24) is 0 Å². The first kappa shape index (κ1) is 14.7. The molecule has 5 nitrogen and oxygen atoms in total. The molecule has 0 rings (SSSR count). The van der Waals surface area contributed by atoms with Gasteiger partial charge in [-0.25, -0.2) is 0 Å². The highest BCUT2D eigenvalue weighted by molar-refractivity contribution is 5.42. The van der Waals surface area contributed by atoms with E-state index in [2.05, 4.69) is 19.7 Å². The maximum Gasteiger partial charge on any atom is 0.263 e. The highest BCUT2D eigenvalue weighted by Crippen LogP contribution is 2.21. The molecule has 0 radical (unpaired) electrons. The molecule has 0 aliphatic rings. The fraction of sp³-hybridized carbons (Fsp3) is 0.167. The molecule has 0 aromatic heterocycles. The summed E-state index contributed by atoms with van der Waals surface area (Å²) in [5, 5.41) is 20.1. The van der Waals surface area contributed by atoms with E-state index in [1.165, 1.54) is 6.08 Å². The maximum atomic E-state index is 10.5. The van der Waals surface area contributed by atoms with Crippen LogP contribution in [0.2, 0.25) is 0 Å². The van der Waals surface area contributed by atoms with Crippen molar-refractivity contribution in [2.45, 2.75) is 13.8 Å². The molecule has 0 bridgehead atoms. The Morgan fingerprint density at radius 2 is 1.94 bits per heavy atom. The van der Waals surface area contributed by atoms with E-state index in [9.17, 15) is 15.2 Å². The number of aliphatic hydroxyl groups excluding tert-OH is 1. The normalized spacial score (nSPS) is 11.9. The lowest BCUT2D eigenvalue weighted by molar-refractivity contribution is -0.418. The van der Waals surface area contributed by atoms with Crippen molar-refractivity contribution < 1.29 is 14.8 Å². The monoisotopic (exact) mass is 237 g/mol. The number of nitro groups is 1. The zero-order chi connectivity index (χ0) is 13.6. The first-order valence-electron chi connectivity index (χ1n) is 4.72. The van der Waals surface area contributed by atoms with E-state index in [1.807, 2.05) is 0 Å². The minimum atomic E-state index is -0.670. The van der Waals surface area contributed by atoms with Gasteiger partial charge < -0.3 is 9.84 Å². The third-order valence-electron chi connectivity index (χ3n) is 1.69. The molecule has 0 atom stereocenters. The second-order valence-electron chi connectivity index (χ2n) is 3.21. The average Bonchev–Trinajstić information content (AvgIpc) is 2.22. The van der Waals surface area contributed by atoms with Crippen molar-refractivity contribution >= 4 is 0 Å². The molecule has 0 aliphatic carbocycles. The van der Waals surface area contributed by atoms with Crippen molar-refractivity contribution in [2.75, 3.05) is 0 Å². The second kappa shape index (κ2) is 6.32. The van der Waals surface area contributed by atoms with Gasteiger partial charge in [0.2, 0.25) is 0 Å². The first-order chi connectivity index (χ1) is 7.79. The summed E-state index contributed by atoms with van der Waals surface area (Å²) < 4.78 is 5.09. The van der Waals surface area contributed by atoms with Crippen molar-refractivity contribution in [3.05, 3.63) is 70.6 Å². The molecule has 0 aromatic rings. The van der Waals surface area contributed by atoms with E-state index in [0.29, 0.717) is 5.76 Å². The SMILES string of the molecule is C=C(C)OC(=C)C(=C/C(=C)[N+](=O)[O-])/C(O)=C\C. The molecule has 0 fully saturated rings. The molecule has 0 spiro atoms. The Labute approximate surface area is 99.9 Å². The van der Waals surface area contributed by atoms with Crippen molar-refractivity contribution in [1.29, 1.82) is 0 Å². The lowest BCUT2D eigenvalue weighted by Crippen LogP contribution is -2.01. The van der Waals surface area contributed by atoms with Gasteiger partial charge >= 0.3 is 0 Å². The Kier molecular flexibility index (Phi) is 5.46. The van der Waals surface area contributed by atoms with Crippen LogP contribution in [0.3, 0.4) is 0 Å². The summed E-state index contributed by atoms with van der Waals surface area (Å²) in [4.78, 5) is 9.79. The Morgan fingerprint density at radius 1 is 1.41 bits per heavy atom. The molecular formula is C12H15NO4. The van der Waals surface area contributed by atoms with Crippen molar-refractivity contribution in [3.8, 4) is 0 Å². The van der Waals surface area contributed by atoms with Gasteiger partial charge in [-0.3, -0.25) is 10.1 Å². The summed E-state index contributed by atoms with van der Waals surface area (Å²) >= 11 is 0. The van der Waals surface area contributed by atoms with Crippen LogP contribution in [-0.4, -0.2) is 10.0 Å². The van der Waals surface area contributed by atoms with Crippen LogP contribution in [0.15, 0.2) is 60.4 Å². The number of hydrogen-bond acceptors (Lipinski definition) is 4. The highest BCUT2D eigenvalue weighted by Gasteiger charge is 2.13. The van der Waals surface area contributed by atoms with Gasteiger partial charge in [0.25, 0.3) is 5.70 Å². The van der Waals surface area contributed by atoms with E-state index in [4.69, 9.17) is 4.74 Å². The summed E-state index contributed by atoms with van der Waals surface area (Å²) in [6.07, 6.45) is 2.45. The van der Waals surface area contributed by atoms with E-state index < -0.39 is 4.92 Å². The van der Waals surface area contributed by atoms with Gasteiger partial charge in [-0.05, 0) is 26.5 Å². The predicted molar refractivity (Wildman–Crippen MR) is 65.6 cm³/mol. The number of hydrogen-bond donors (Lipinski definition) is 1. The van der Waals surface area contributed by atoms with Crippen molar-refractivity contribution in [3.63, 3.8) is 0 Å². The van der Waals surface area contributed by atoms with Crippen LogP contribution in [0, 0.1) is 10.1 Å². The van der Waals surface area contributed by atoms with E-state index in [-0.39, 0.29) is 22.8 Å². The van der Waals surface area contributed by atoms with Crippen LogP contribution in [0.4, 0.5) is 0 Å².